The van der Waals surface area contributed by atoms with Gasteiger partial charge in [-0.15, -0.1) is 0 Å². The van der Waals surface area contributed by atoms with Gasteiger partial charge in [-0.1, -0.05) is 38.1 Å². The first-order valence-corrected chi connectivity index (χ1v) is 12.1. The summed E-state index contributed by atoms with van der Waals surface area (Å²) in [5, 5.41) is 2.92. The van der Waals surface area contributed by atoms with Gasteiger partial charge in [-0.2, -0.15) is 0 Å². The molecular formula is C23H31N3O4S. The lowest BCUT2D eigenvalue weighted by atomic mass is 10.1. The molecule has 0 unspecified atom stereocenters. The lowest BCUT2D eigenvalue weighted by molar-refractivity contribution is 0.0950. The molecule has 168 valence electrons. The Balaban J connectivity index is 1.75. The third-order valence-corrected chi connectivity index (χ3v) is 7.00. The molecule has 0 heterocycles. The van der Waals surface area contributed by atoms with E-state index < -0.39 is 10.0 Å². The number of nitrogens with one attached hydrogen (secondary N) is 2. The van der Waals surface area contributed by atoms with Crippen LogP contribution in [0.5, 0.6) is 5.75 Å². The van der Waals surface area contributed by atoms with Gasteiger partial charge in [0.05, 0.1) is 7.11 Å². The highest BCUT2D eigenvalue weighted by molar-refractivity contribution is 7.89. The molecule has 1 aliphatic carbocycles. The van der Waals surface area contributed by atoms with Crippen molar-refractivity contribution in [2.75, 3.05) is 20.2 Å². The normalized spacial score (nSPS) is 13.9. The van der Waals surface area contributed by atoms with Crippen molar-refractivity contribution in [1.29, 1.82) is 0 Å². The minimum absolute atomic E-state index is 0.0171. The summed E-state index contributed by atoms with van der Waals surface area (Å²) in [6, 6.07) is 12.5. The third kappa shape index (κ3) is 6.06. The van der Waals surface area contributed by atoms with Gasteiger partial charge in [-0.05, 0) is 55.3 Å². The monoisotopic (exact) mass is 445 g/mol. The Morgan fingerprint density at radius 3 is 2.39 bits per heavy atom. The summed E-state index contributed by atoms with van der Waals surface area (Å²) in [7, 11) is -2.33. The van der Waals surface area contributed by atoms with Gasteiger partial charge in [-0.25, -0.2) is 13.1 Å². The van der Waals surface area contributed by atoms with Crippen LogP contribution in [-0.4, -0.2) is 45.5 Å². The van der Waals surface area contributed by atoms with Crippen LogP contribution in [-0.2, 0) is 23.1 Å². The van der Waals surface area contributed by atoms with Crippen molar-refractivity contribution < 1.29 is 17.9 Å². The highest BCUT2D eigenvalue weighted by Crippen LogP contribution is 2.28. The SMILES string of the molecule is CCN(CC)Cc1ccccc1CNC(=O)c1ccc(OC)c(S(=O)(=O)NC2CC2)c1. The number of amides is 1. The van der Waals surface area contributed by atoms with Gasteiger partial charge in [0.1, 0.15) is 10.6 Å². The Hall–Kier alpha value is -2.42. The lowest BCUT2D eigenvalue weighted by Crippen LogP contribution is -2.28. The Morgan fingerprint density at radius 2 is 1.77 bits per heavy atom. The Bertz CT molecular complexity index is 1020. The molecule has 8 heteroatoms. The maximum Gasteiger partial charge on any atom is 0.251 e. The van der Waals surface area contributed by atoms with Gasteiger partial charge in [0, 0.05) is 24.7 Å². The van der Waals surface area contributed by atoms with E-state index >= 15 is 0 Å². The lowest BCUT2D eigenvalue weighted by Gasteiger charge is -2.20. The summed E-state index contributed by atoms with van der Waals surface area (Å²) in [4.78, 5) is 15.1. The highest BCUT2D eigenvalue weighted by atomic mass is 32.2. The smallest absolute Gasteiger partial charge is 0.251 e. The second kappa shape index (κ2) is 10.3. The molecule has 0 saturated heterocycles. The zero-order chi connectivity index (χ0) is 22.4. The van der Waals surface area contributed by atoms with Crippen molar-refractivity contribution >= 4 is 15.9 Å². The number of rotatable bonds is 11. The van der Waals surface area contributed by atoms with Gasteiger partial charge in [0.15, 0.2) is 0 Å². The molecule has 0 aromatic heterocycles. The van der Waals surface area contributed by atoms with E-state index in [-0.39, 0.29) is 28.2 Å². The average Bonchev–Trinajstić information content (AvgIpc) is 3.59. The molecule has 1 amide bonds. The molecule has 1 fully saturated rings. The van der Waals surface area contributed by atoms with Crippen molar-refractivity contribution in [3.05, 3.63) is 59.2 Å². The number of hydrogen-bond donors (Lipinski definition) is 2. The van der Waals surface area contributed by atoms with E-state index in [1.807, 2.05) is 18.2 Å². The predicted molar refractivity (Wildman–Crippen MR) is 121 cm³/mol. The minimum atomic E-state index is -3.75. The summed E-state index contributed by atoms with van der Waals surface area (Å²) in [5.41, 5.74) is 2.48. The molecule has 2 aromatic carbocycles. The van der Waals surface area contributed by atoms with Crippen LogP contribution < -0.4 is 14.8 Å². The zero-order valence-electron chi connectivity index (χ0n) is 18.3. The summed E-state index contributed by atoms with van der Waals surface area (Å²) < 4.78 is 33.2. The first kappa shape index (κ1) is 23.2. The summed E-state index contributed by atoms with van der Waals surface area (Å²) in [6.07, 6.45) is 1.66. The fourth-order valence-electron chi connectivity index (χ4n) is 3.36. The molecule has 7 nitrogen and oxygen atoms in total. The molecule has 0 atom stereocenters. The largest absolute Gasteiger partial charge is 0.495 e. The zero-order valence-corrected chi connectivity index (χ0v) is 19.2. The van der Waals surface area contributed by atoms with Crippen LogP contribution in [0.1, 0.15) is 48.2 Å². The standard InChI is InChI=1S/C23H31N3O4S/c1-4-26(5-2)16-19-9-7-6-8-18(19)15-24-23(27)17-10-13-21(30-3)22(14-17)31(28,29)25-20-11-12-20/h6-10,13-14,20,25H,4-5,11-12,15-16H2,1-3H3,(H,24,27). The van der Waals surface area contributed by atoms with Crippen molar-refractivity contribution in [2.24, 2.45) is 0 Å². The second-order valence-corrected chi connectivity index (χ2v) is 9.36. The van der Waals surface area contributed by atoms with Crippen LogP contribution in [0.4, 0.5) is 0 Å². The first-order chi connectivity index (χ1) is 14.9. The molecule has 3 rings (SSSR count). The maximum atomic E-state index is 12.8. The van der Waals surface area contributed by atoms with E-state index in [4.69, 9.17) is 4.74 Å². The average molecular weight is 446 g/mol. The van der Waals surface area contributed by atoms with Crippen LogP contribution in [0.15, 0.2) is 47.4 Å². The van der Waals surface area contributed by atoms with E-state index in [0.29, 0.717) is 6.54 Å². The molecule has 2 N–H and O–H groups in total. The number of carbonyl (C=O) groups excluding carboxylic acids is 1. The maximum absolute atomic E-state index is 12.8. The van der Waals surface area contributed by atoms with Crippen LogP contribution in [0, 0.1) is 0 Å². The summed E-state index contributed by atoms with van der Waals surface area (Å²) in [5.74, 6) is -0.113. The molecule has 0 radical (unpaired) electrons. The van der Waals surface area contributed by atoms with E-state index in [2.05, 4.69) is 34.9 Å². The van der Waals surface area contributed by atoms with Crippen LogP contribution in [0.2, 0.25) is 0 Å². The molecular weight excluding hydrogens is 414 g/mol. The van der Waals surface area contributed by atoms with E-state index in [9.17, 15) is 13.2 Å². The van der Waals surface area contributed by atoms with Crippen molar-refractivity contribution in [2.45, 2.75) is 50.7 Å². The Morgan fingerprint density at radius 1 is 1.10 bits per heavy atom. The van der Waals surface area contributed by atoms with Crippen LogP contribution in [0.3, 0.4) is 0 Å². The molecule has 1 aliphatic rings. The molecule has 2 aromatic rings. The molecule has 0 aliphatic heterocycles. The third-order valence-electron chi connectivity index (χ3n) is 5.46. The number of methoxy groups -OCH3 is 1. The quantitative estimate of drug-likeness (QED) is 0.555. The van der Waals surface area contributed by atoms with Crippen LogP contribution >= 0.6 is 0 Å². The van der Waals surface area contributed by atoms with E-state index in [0.717, 1.165) is 43.6 Å². The van der Waals surface area contributed by atoms with Gasteiger partial charge in [0.2, 0.25) is 10.0 Å². The van der Waals surface area contributed by atoms with Crippen LogP contribution in [0.25, 0.3) is 0 Å². The van der Waals surface area contributed by atoms with Crippen molar-refractivity contribution in [1.82, 2.24) is 14.9 Å². The van der Waals surface area contributed by atoms with Gasteiger partial charge in [-0.3, -0.25) is 9.69 Å². The summed E-state index contributed by atoms with van der Waals surface area (Å²) in [6.45, 7) is 7.34. The fraction of sp³-hybridized carbons (Fsp3) is 0.435. The van der Waals surface area contributed by atoms with E-state index in [1.165, 1.54) is 19.2 Å². The number of carbonyl (C=O) groups is 1. The minimum Gasteiger partial charge on any atom is -0.495 e. The topological polar surface area (TPSA) is 87.7 Å². The Labute approximate surface area is 184 Å². The van der Waals surface area contributed by atoms with Gasteiger partial charge >= 0.3 is 0 Å². The van der Waals surface area contributed by atoms with Gasteiger partial charge in [0.25, 0.3) is 5.91 Å². The fourth-order valence-corrected chi connectivity index (χ4v) is 4.86. The number of hydrogen-bond acceptors (Lipinski definition) is 5. The number of benzene rings is 2. The number of sulfonamides is 1. The molecule has 0 bridgehead atoms. The van der Waals surface area contributed by atoms with E-state index in [1.54, 1.807) is 6.07 Å². The Kier molecular flexibility index (Phi) is 7.69. The number of nitrogens with zero attached hydrogens (tertiary/aromatic N) is 1. The summed E-state index contributed by atoms with van der Waals surface area (Å²) >= 11 is 0. The second-order valence-electron chi connectivity index (χ2n) is 7.67. The first-order valence-electron chi connectivity index (χ1n) is 10.7. The highest BCUT2D eigenvalue weighted by Gasteiger charge is 2.30. The predicted octanol–water partition coefficient (Wildman–Crippen LogP) is 2.91. The molecule has 0 spiro atoms. The molecule has 31 heavy (non-hydrogen) atoms. The van der Waals surface area contributed by atoms with Crippen molar-refractivity contribution in [3.8, 4) is 5.75 Å². The molecule has 1 saturated carbocycles. The van der Waals surface area contributed by atoms with Crippen molar-refractivity contribution in [3.63, 3.8) is 0 Å². The number of ether oxygens (including phenoxy) is 1. The van der Waals surface area contributed by atoms with Gasteiger partial charge < -0.3 is 10.1 Å².